The van der Waals surface area contributed by atoms with Crippen molar-refractivity contribution in [3.05, 3.63) is 59.0 Å². The topological polar surface area (TPSA) is 87.1 Å². The van der Waals surface area contributed by atoms with Gasteiger partial charge >= 0.3 is 5.97 Å². The molecule has 0 aliphatic carbocycles. The number of benzene rings is 1. The second kappa shape index (κ2) is 7.88. The predicted molar refractivity (Wildman–Crippen MR) is 95.3 cm³/mol. The normalized spacial score (nSPS) is 10.4. The lowest BCUT2D eigenvalue weighted by molar-refractivity contribution is 0.0514. The molecule has 2 aromatic heterocycles. The summed E-state index contributed by atoms with van der Waals surface area (Å²) in [5.74, 6) is 0.00797. The highest BCUT2D eigenvalue weighted by Crippen LogP contribution is 2.25. The van der Waals surface area contributed by atoms with Crippen LogP contribution in [0, 0.1) is 6.92 Å². The van der Waals surface area contributed by atoms with E-state index in [0.717, 1.165) is 11.1 Å². The van der Waals surface area contributed by atoms with E-state index in [-0.39, 0.29) is 18.2 Å². The molecule has 0 unspecified atom stereocenters. The Kier molecular flexibility index (Phi) is 5.38. The van der Waals surface area contributed by atoms with Crippen LogP contribution in [0.1, 0.15) is 23.0 Å². The molecule has 0 aliphatic heterocycles. The highest BCUT2D eigenvalue weighted by atomic mass is 35.5. The smallest absolute Gasteiger partial charge is 0.364 e. The first kappa shape index (κ1) is 17.8. The molecule has 0 saturated heterocycles. The number of ether oxygens (including phenoxy) is 2. The summed E-state index contributed by atoms with van der Waals surface area (Å²) < 4.78 is 10.7. The molecule has 0 aliphatic rings. The molecule has 8 heteroatoms. The molecule has 0 saturated carbocycles. The van der Waals surface area contributed by atoms with Crippen molar-refractivity contribution >= 4 is 17.6 Å². The van der Waals surface area contributed by atoms with Crippen LogP contribution in [0.3, 0.4) is 0 Å². The highest BCUT2D eigenvalue weighted by Gasteiger charge is 2.21. The van der Waals surface area contributed by atoms with Crippen molar-refractivity contribution in [3.63, 3.8) is 0 Å². The Morgan fingerprint density at radius 1 is 1.19 bits per heavy atom. The van der Waals surface area contributed by atoms with Crippen molar-refractivity contribution < 1.29 is 14.3 Å². The molecule has 132 valence electrons. The third kappa shape index (κ3) is 4.12. The number of nitrogens with zero attached hydrogens (tertiary/aromatic N) is 4. The molecule has 0 amide bonds. The zero-order valence-corrected chi connectivity index (χ0v) is 14.9. The SMILES string of the molecule is CCOC(=O)c1nnc(-c2cccc(C)c2)nc1Oc1ccc(Cl)nc1. The lowest BCUT2D eigenvalue weighted by atomic mass is 10.1. The number of hydrogen-bond acceptors (Lipinski definition) is 7. The monoisotopic (exact) mass is 370 g/mol. The number of hydrogen-bond donors (Lipinski definition) is 0. The average Bonchev–Trinajstić information content (AvgIpc) is 2.64. The fourth-order valence-electron chi connectivity index (χ4n) is 2.15. The van der Waals surface area contributed by atoms with Gasteiger partial charge in [0.15, 0.2) is 5.82 Å². The Balaban J connectivity index is 2.02. The third-order valence-electron chi connectivity index (χ3n) is 3.31. The van der Waals surface area contributed by atoms with E-state index in [1.54, 1.807) is 19.1 Å². The van der Waals surface area contributed by atoms with Gasteiger partial charge < -0.3 is 9.47 Å². The summed E-state index contributed by atoms with van der Waals surface area (Å²) in [7, 11) is 0. The first-order valence-electron chi connectivity index (χ1n) is 7.85. The van der Waals surface area contributed by atoms with Crippen LogP contribution in [-0.2, 0) is 4.74 Å². The van der Waals surface area contributed by atoms with Crippen LogP contribution in [0.15, 0.2) is 42.6 Å². The van der Waals surface area contributed by atoms with E-state index in [1.807, 2.05) is 31.2 Å². The second-order valence-corrected chi connectivity index (χ2v) is 5.69. The molecule has 1 aromatic carbocycles. The molecule has 3 aromatic rings. The van der Waals surface area contributed by atoms with Gasteiger partial charge in [0.05, 0.1) is 12.8 Å². The van der Waals surface area contributed by atoms with Crippen LogP contribution >= 0.6 is 11.6 Å². The largest absolute Gasteiger partial charge is 0.461 e. The summed E-state index contributed by atoms with van der Waals surface area (Å²) in [5.41, 5.74) is 1.69. The summed E-state index contributed by atoms with van der Waals surface area (Å²) in [5, 5.41) is 8.31. The molecule has 0 atom stereocenters. The molecule has 26 heavy (non-hydrogen) atoms. The molecule has 0 bridgehead atoms. The number of pyridine rings is 1. The van der Waals surface area contributed by atoms with Crippen LogP contribution in [0.2, 0.25) is 5.15 Å². The maximum absolute atomic E-state index is 12.1. The van der Waals surface area contributed by atoms with Crippen molar-refractivity contribution in [1.82, 2.24) is 20.2 Å². The number of carbonyl (C=O) groups excluding carboxylic acids is 1. The fourth-order valence-corrected chi connectivity index (χ4v) is 2.26. The van der Waals surface area contributed by atoms with Gasteiger partial charge in [-0.05, 0) is 32.0 Å². The van der Waals surface area contributed by atoms with Gasteiger partial charge in [0.25, 0.3) is 5.88 Å². The van der Waals surface area contributed by atoms with Crippen LogP contribution < -0.4 is 4.74 Å². The molecule has 7 nitrogen and oxygen atoms in total. The minimum Gasteiger partial charge on any atom is -0.461 e. The lowest BCUT2D eigenvalue weighted by Gasteiger charge is -2.10. The first-order valence-corrected chi connectivity index (χ1v) is 8.23. The van der Waals surface area contributed by atoms with Crippen molar-refractivity contribution in [2.75, 3.05) is 6.61 Å². The summed E-state index contributed by atoms with van der Waals surface area (Å²) in [6.45, 7) is 3.85. The minimum atomic E-state index is -0.666. The molecule has 0 fully saturated rings. The highest BCUT2D eigenvalue weighted by molar-refractivity contribution is 6.29. The Bertz CT molecular complexity index is 932. The molecular weight excluding hydrogens is 356 g/mol. The van der Waals surface area contributed by atoms with E-state index < -0.39 is 5.97 Å². The Morgan fingerprint density at radius 2 is 2.04 bits per heavy atom. The van der Waals surface area contributed by atoms with Crippen molar-refractivity contribution in [2.45, 2.75) is 13.8 Å². The van der Waals surface area contributed by atoms with Crippen molar-refractivity contribution in [2.24, 2.45) is 0 Å². The van der Waals surface area contributed by atoms with Crippen LogP contribution in [0.25, 0.3) is 11.4 Å². The average molecular weight is 371 g/mol. The number of aryl methyl sites for hydroxylation is 1. The van der Waals surface area contributed by atoms with Gasteiger partial charge in [-0.2, -0.15) is 4.98 Å². The summed E-state index contributed by atoms with van der Waals surface area (Å²) >= 11 is 5.78. The summed E-state index contributed by atoms with van der Waals surface area (Å²) in [4.78, 5) is 20.4. The minimum absolute atomic E-state index is 0.0147. The number of esters is 1. The van der Waals surface area contributed by atoms with Gasteiger partial charge in [0.1, 0.15) is 10.9 Å². The molecule has 2 heterocycles. The number of rotatable bonds is 5. The molecule has 0 radical (unpaired) electrons. The van der Waals surface area contributed by atoms with E-state index in [2.05, 4.69) is 20.2 Å². The number of halogens is 1. The molecular formula is C18H15ClN4O3. The number of aromatic nitrogens is 4. The van der Waals surface area contributed by atoms with Crippen LogP contribution in [-0.4, -0.2) is 32.7 Å². The zero-order chi connectivity index (χ0) is 18.5. The quantitative estimate of drug-likeness (QED) is 0.497. The van der Waals surface area contributed by atoms with E-state index in [1.165, 1.54) is 6.20 Å². The Hall–Kier alpha value is -3.06. The van der Waals surface area contributed by atoms with Gasteiger partial charge in [0.2, 0.25) is 5.69 Å². The number of carbonyl (C=O) groups is 1. The van der Waals surface area contributed by atoms with E-state index >= 15 is 0 Å². The van der Waals surface area contributed by atoms with Crippen LogP contribution in [0.4, 0.5) is 0 Å². The summed E-state index contributed by atoms with van der Waals surface area (Å²) in [6.07, 6.45) is 1.42. The van der Waals surface area contributed by atoms with Gasteiger partial charge in [-0.1, -0.05) is 35.4 Å². The molecule has 3 rings (SSSR count). The molecule has 0 spiro atoms. The van der Waals surface area contributed by atoms with E-state index in [9.17, 15) is 4.79 Å². The van der Waals surface area contributed by atoms with E-state index in [4.69, 9.17) is 21.1 Å². The van der Waals surface area contributed by atoms with Gasteiger partial charge in [-0.15, -0.1) is 10.2 Å². The first-order chi connectivity index (χ1) is 12.6. The standard InChI is InChI=1S/C18H15ClN4O3/c1-3-25-18(24)15-17(26-13-7-8-14(19)20-10-13)21-16(23-22-15)12-6-4-5-11(2)9-12/h4-10H,3H2,1-2H3. The predicted octanol–water partition coefficient (Wildman–Crippen LogP) is 3.86. The van der Waals surface area contributed by atoms with Crippen molar-refractivity contribution in [1.29, 1.82) is 0 Å². The van der Waals surface area contributed by atoms with Gasteiger partial charge in [-0.25, -0.2) is 9.78 Å². The second-order valence-electron chi connectivity index (χ2n) is 5.30. The third-order valence-corrected chi connectivity index (χ3v) is 3.54. The van der Waals surface area contributed by atoms with Gasteiger partial charge in [-0.3, -0.25) is 0 Å². The maximum Gasteiger partial charge on any atom is 0.364 e. The maximum atomic E-state index is 12.1. The zero-order valence-electron chi connectivity index (χ0n) is 14.1. The van der Waals surface area contributed by atoms with Gasteiger partial charge in [0, 0.05) is 5.56 Å². The van der Waals surface area contributed by atoms with Crippen LogP contribution in [0.5, 0.6) is 11.6 Å². The Labute approximate surface area is 155 Å². The molecule has 0 N–H and O–H groups in total. The fraction of sp³-hybridized carbons (Fsp3) is 0.167. The van der Waals surface area contributed by atoms with Crippen molar-refractivity contribution in [3.8, 4) is 23.0 Å². The Morgan fingerprint density at radius 3 is 2.73 bits per heavy atom. The lowest BCUT2D eigenvalue weighted by Crippen LogP contribution is -2.12. The summed E-state index contributed by atoms with van der Waals surface area (Å²) in [6, 6.07) is 10.8. The van der Waals surface area contributed by atoms with E-state index in [0.29, 0.717) is 16.7 Å².